The van der Waals surface area contributed by atoms with Crippen molar-refractivity contribution in [2.24, 2.45) is 0 Å². The fraction of sp³-hybridized carbons (Fsp3) is 0.625. The highest BCUT2D eigenvalue weighted by atomic mass is 32.2. The summed E-state index contributed by atoms with van der Waals surface area (Å²) in [4.78, 5) is 3.27. The van der Waals surface area contributed by atoms with Crippen molar-refractivity contribution >= 4 is 11.0 Å². The molecule has 1 saturated heterocycles. The molecular formula is C16H26N2O2S. The minimum absolute atomic E-state index is 0.511. The van der Waals surface area contributed by atoms with E-state index < -0.39 is 11.0 Å². The predicted molar refractivity (Wildman–Crippen MR) is 86.8 cm³/mol. The molecule has 4 nitrogen and oxygen atoms in total. The zero-order valence-electron chi connectivity index (χ0n) is 13.2. The summed E-state index contributed by atoms with van der Waals surface area (Å²) >= 11 is 0. The Labute approximate surface area is 130 Å². The first-order valence-electron chi connectivity index (χ1n) is 7.60. The average molecular weight is 310 g/mol. The highest BCUT2D eigenvalue weighted by molar-refractivity contribution is 7.82. The van der Waals surface area contributed by atoms with Gasteiger partial charge in [-0.15, -0.1) is 0 Å². The van der Waals surface area contributed by atoms with Crippen molar-refractivity contribution in [3.63, 3.8) is 0 Å². The number of rotatable bonds is 6. The number of nitrogens with zero attached hydrogens (tertiary/aromatic N) is 2. The molecule has 0 N–H and O–H groups in total. The third kappa shape index (κ3) is 4.61. The van der Waals surface area contributed by atoms with Gasteiger partial charge in [0, 0.05) is 39.8 Å². The monoisotopic (exact) mass is 310 g/mol. The zero-order chi connectivity index (χ0) is 15.2. The Morgan fingerprint density at radius 2 is 1.76 bits per heavy atom. The summed E-state index contributed by atoms with van der Waals surface area (Å²) in [6, 6.07) is 8.19. The molecule has 5 heteroatoms. The quantitative estimate of drug-likeness (QED) is 0.807. The van der Waals surface area contributed by atoms with Crippen LogP contribution >= 0.6 is 0 Å². The molecule has 1 heterocycles. The Balaban J connectivity index is 1.89. The van der Waals surface area contributed by atoms with Crippen LogP contribution in [0.4, 0.5) is 0 Å². The number of benzene rings is 1. The summed E-state index contributed by atoms with van der Waals surface area (Å²) in [6.07, 6.45) is 0. The van der Waals surface area contributed by atoms with E-state index in [-0.39, 0.29) is 0 Å². The Kier molecular flexibility index (Phi) is 6.36. The van der Waals surface area contributed by atoms with Crippen LogP contribution in [0.3, 0.4) is 0 Å². The van der Waals surface area contributed by atoms with Gasteiger partial charge in [0.15, 0.2) is 0 Å². The van der Waals surface area contributed by atoms with Crippen LogP contribution in [0.2, 0.25) is 0 Å². The molecule has 0 aliphatic carbocycles. The molecule has 0 amide bonds. The first-order chi connectivity index (χ1) is 10.1. The van der Waals surface area contributed by atoms with Gasteiger partial charge in [0.05, 0.1) is 11.5 Å². The number of methoxy groups -OCH3 is 1. The summed E-state index contributed by atoms with van der Waals surface area (Å²) in [5, 5.41) is 0. The van der Waals surface area contributed by atoms with Crippen molar-refractivity contribution in [1.82, 2.24) is 9.21 Å². The molecule has 1 atom stereocenters. The molecule has 1 aliphatic rings. The maximum absolute atomic E-state index is 12.6. The minimum Gasteiger partial charge on any atom is -0.383 e. The molecule has 0 saturated carbocycles. The lowest BCUT2D eigenvalue weighted by Crippen LogP contribution is -2.47. The van der Waals surface area contributed by atoms with Crippen molar-refractivity contribution < 1.29 is 8.95 Å². The first-order valence-corrected chi connectivity index (χ1v) is 8.70. The van der Waals surface area contributed by atoms with E-state index in [1.807, 2.05) is 12.1 Å². The Morgan fingerprint density at radius 3 is 2.29 bits per heavy atom. The van der Waals surface area contributed by atoms with Crippen LogP contribution in [-0.2, 0) is 15.7 Å². The summed E-state index contributed by atoms with van der Waals surface area (Å²) in [5.41, 5.74) is 1.29. The van der Waals surface area contributed by atoms with E-state index in [0.717, 1.165) is 44.2 Å². The molecule has 1 aromatic rings. The largest absolute Gasteiger partial charge is 0.383 e. The van der Waals surface area contributed by atoms with Gasteiger partial charge in [-0.25, -0.2) is 8.51 Å². The predicted octanol–water partition coefficient (Wildman–Crippen LogP) is 2.10. The lowest BCUT2D eigenvalue weighted by Gasteiger charge is -2.33. The molecule has 0 bridgehead atoms. The van der Waals surface area contributed by atoms with Gasteiger partial charge in [0.25, 0.3) is 0 Å². The van der Waals surface area contributed by atoms with E-state index in [9.17, 15) is 4.21 Å². The molecule has 1 aliphatic heterocycles. The first kappa shape index (κ1) is 16.6. The van der Waals surface area contributed by atoms with Gasteiger partial charge in [-0.05, 0) is 23.6 Å². The molecule has 0 spiro atoms. The van der Waals surface area contributed by atoms with E-state index in [2.05, 4.69) is 35.2 Å². The van der Waals surface area contributed by atoms with E-state index in [1.165, 1.54) is 5.56 Å². The molecule has 2 rings (SSSR count). The maximum Gasteiger partial charge on any atom is 0.127 e. The van der Waals surface area contributed by atoms with Gasteiger partial charge in [-0.1, -0.05) is 26.0 Å². The third-order valence-electron chi connectivity index (χ3n) is 3.93. The average Bonchev–Trinajstić information content (AvgIpc) is 2.53. The maximum atomic E-state index is 12.6. The summed E-state index contributed by atoms with van der Waals surface area (Å²) < 4.78 is 19.8. The van der Waals surface area contributed by atoms with Crippen LogP contribution in [0.15, 0.2) is 29.2 Å². The molecule has 1 fully saturated rings. The number of piperazine rings is 1. The number of hydrogen-bond donors (Lipinski definition) is 0. The SMILES string of the molecule is COCCN1CCN(S(=O)c2ccc(C(C)C)cc2)CC1. The summed E-state index contributed by atoms with van der Waals surface area (Å²) in [5.74, 6) is 0.511. The van der Waals surface area contributed by atoms with Gasteiger partial charge in [-0.2, -0.15) is 0 Å². The van der Waals surface area contributed by atoms with Gasteiger partial charge in [0.2, 0.25) is 0 Å². The molecule has 21 heavy (non-hydrogen) atoms. The second kappa shape index (κ2) is 8.03. The van der Waals surface area contributed by atoms with Gasteiger partial charge in [-0.3, -0.25) is 4.90 Å². The topological polar surface area (TPSA) is 32.8 Å². The number of ether oxygens (including phenoxy) is 1. The molecular weight excluding hydrogens is 284 g/mol. The van der Waals surface area contributed by atoms with E-state index in [1.54, 1.807) is 7.11 Å². The van der Waals surface area contributed by atoms with Crippen LogP contribution in [-0.4, -0.2) is 59.9 Å². The van der Waals surface area contributed by atoms with Crippen molar-refractivity contribution in [2.75, 3.05) is 46.4 Å². The molecule has 1 unspecified atom stereocenters. The lowest BCUT2D eigenvalue weighted by atomic mass is 10.0. The molecule has 0 radical (unpaired) electrons. The van der Waals surface area contributed by atoms with Crippen molar-refractivity contribution in [3.8, 4) is 0 Å². The van der Waals surface area contributed by atoms with Crippen LogP contribution in [0.5, 0.6) is 0 Å². The Hall–Kier alpha value is -0.750. The van der Waals surface area contributed by atoms with E-state index in [4.69, 9.17) is 4.74 Å². The van der Waals surface area contributed by atoms with E-state index >= 15 is 0 Å². The van der Waals surface area contributed by atoms with Crippen LogP contribution in [0.1, 0.15) is 25.3 Å². The molecule has 118 valence electrons. The minimum atomic E-state index is -1.04. The van der Waals surface area contributed by atoms with Crippen LogP contribution in [0, 0.1) is 0 Å². The Bertz CT molecular complexity index is 454. The van der Waals surface area contributed by atoms with Crippen molar-refractivity contribution in [1.29, 1.82) is 0 Å². The van der Waals surface area contributed by atoms with E-state index in [0.29, 0.717) is 5.92 Å². The fourth-order valence-corrected chi connectivity index (χ4v) is 3.62. The molecule has 0 aromatic heterocycles. The van der Waals surface area contributed by atoms with Crippen LogP contribution < -0.4 is 0 Å². The number of hydrogen-bond acceptors (Lipinski definition) is 3. The Morgan fingerprint density at radius 1 is 1.14 bits per heavy atom. The second-order valence-corrected chi connectivity index (χ2v) is 7.22. The third-order valence-corrected chi connectivity index (χ3v) is 5.44. The van der Waals surface area contributed by atoms with Crippen molar-refractivity contribution in [3.05, 3.63) is 29.8 Å². The highest BCUT2D eigenvalue weighted by Gasteiger charge is 2.21. The zero-order valence-corrected chi connectivity index (χ0v) is 14.1. The van der Waals surface area contributed by atoms with Gasteiger partial charge in [0.1, 0.15) is 11.0 Å². The second-order valence-electron chi connectivity index (χ2n) is 5.74. The van der Waals surface area contributed by atoms with Crippen molar-refractivity contribution in [2.45, 2.75) is 24.7 Å². The normalized spacial score (nSPS) is 19.0. The smallest absolute Gasteiger partial charge is 0.127 e. The fourth-order valence-electron chi connectivity index (χ4n) is 2.46. The van der Waals surface area contributed by atoms with Gasteiger partial charge >= 0.3 is 0 Å². The summed E-state index contributed by atoms with van der Waals surface area (Å²) in [6.45, 7) is 9.68. The van der Waals surface area contributed by atoms with Crippen LogP contribution in [0.25, 0.3) is 0 Å². The summed E-state index contributed by atoms with van der Waals surface area (Å²) in [7, 11) is 0.692. The standard InChI is InChI=1S/C16H26N2O2S/c1-14(2)15-4-6-16(7-5-15)21(19)18-10-8-17(9-11-18)12-13-20-3/h4-7,14H,8-13H2,1-3H3. The van der Waals surface area contributed by atoms with Gasteiger partial charge < -0.3 is 4.74 Å². The highest BCUT2D eigenvalue weighted by Crippen LogP contribution is 2.18. The molecule has 1 aromatic carbocycles. The lowest BCUT2D eigenvalue weighted by molar-refractivity contribution is 0.124.